The Morgan fingerprint density at radius 2 is 1.83 bits per heavy atom. The van der Waals surface area contributed by atoms with E-state index in [0.29, 0.717) is 12.5 Å². The van der Waals surface area contributed by atoms with Gasteiger partial charge >= 0.3 is 0 Å². The van der Waals surface area contributed by atoms with E-state index in [-0.39, 0.29) is 0 Å². The van der Waals surface area contributed by atoms with Gasteiger partial charge in [0.2, 0.25) is 0 Å². The second-order valence-electron chi connectivity index (χ2n) is 7.91. The first-order valence-corrected chi connectivity index (χ1v) is 10.6. The van der Waals surface area contributed by atoms with Gasteiger partial charge in [-0.2, -0.15) is 0 Å². The zero-order valence-corrected chi connectivity index (χ0v) is 17.3. The molecule has 5 rings (SSSR count). The lowest BCUT2D eigenvalue weighted by molar-refractivity contribution is 0.0842. The first kappa shape index (κ1) is 18.9. The summed E-state index contributed by atoms with van der Waals surface area (Å²) in [6.07, 6.45) is 3.97. The second kappa shape index (κ2) is 8.33. The number of nitrogens with zero attached hydrogens (tertiary/aromatic N) is 2. The topological polar surface area (TPSA) is 36.3 Å². The maximum absolute atomic E-state index is 6.27. The van der Waals surface area contributed by atoms with E-state index in [9.17, 15) is 0 Å². The Balaban J connectivity index is 1.60. The lowest BCUT2D eigenvalue weighted by Gasteiger charge is -2.24. The van der Waals surface area contributed by atoms with Crippen LogP contribution in [0.4, 0.5) is 0 Å². The molecule has 0 bridgehead atoms. The van der Waals surface area contributed by atoms with Crippen molar-refractivity contribution in [3.63, 3.8) is 0 Å². The van der Waals surface area contributed by atoms with Crippen molar-refractivity contribution < 1.29 is 9.47 Å². The van der Waals surface area contributed by atoms with Crippen LogP contribution in [0.5, 0.6) is 5.75 Å². The van der Waals surface area contributed by atoms with E-state index in [1.165, 1.54) is 16.8 Å². The molecule has 1 fully saturated rings. The van der Waals surface area contributed by atoms with Crippen LogP contribution in [0.3, 0.4) is 0 Å². The lowest BCUT2D eigenvalue weighted by Crippen LogP contribution is -2.16. The molecule has 4 aromatic rings. The van der Waals surface area contributed by atoms with Gasteiger partial charge in [-0.3, -0.25) is 4.98 Å². The molecule has 2 aromatic heterocycles. The molecular weight excluding hydrogens is 372 g/mol. The molecule has 30 heavy (non-hydrogen) atoms. The molecular formula is C26H26N2O2. The fraction of sp³-hybridized carbons (Fsp3) is 0.269. The van der Waals surface area contributed by atoms with E-state index >= 15 is 0 Å². The SMILES string of the molecule is Cc1cc(-n2c(C3CCOCC3)cc3c(OCc4ccccc4)cccc32)ccn1. The minimum atomic E-state index is 0.474. The third kappa shape index (κ3) is 3.71. The van der Waals surface area contributed by atoms with Crippen LogP contribution >= 0.6 is 0 Å². The van der Waals surface area contributed by atoms with Crippen molar-refractivity contribution in [2.75, 3.05) is 13.2 Å². The Bertz CT molecular complexity index is 1140. The molecule has 4 heteroatoms. The Hall–Kier alpha value is -3.11. The third-order valence-electron chi connectivity index (χ3n) is 5.85. The summed E-state index contributed by atoms with van der Waals surface area (Å²) in [6.45, 7) is 4.24. The summed E-state index contributed by atoms with van der Waals surface area (Å²) in [5.41, 5.74) is 5.84. The van der Waals surface area contributed by atoms with Gasteiger partial charge in [-0.05, 0) is 55.7 Å². The van der Waals surface area contributed by atoms with Crippen LogP contribution in [0.25, 0.3) is 16.6 Å². The molecule has 0 radical (unpaired) electrons. The number of hydrogen-bond donors (Lipinski definition) is 0. The van der Waals surface area contributed by atoms with Gasteiger partial charge in [0.05, 0.1) is 5.52 Å². The van der Waals surface area contributed by atoms with Crippen molar-refractivity contribution in [2.45, 2.75) is 32.3 Å². The highest BCUT2D eigenvalue weighted by atomic mass is 16.5. The molecule has 3 heterocycles. The van der Waals surface area contributed by atoms with Gasteiger partial charge in [-0.1, -0.05) is 36.4 Å². The number of pyridine rings is 1. The highest BCUT2D eigenvalue weighted by Gasteiger charge is 2.23. The van der Waals surface area contributed by atoms with Crippen LogP contribution in [0.1, 0.15) is 35.7 Å². The summed E-state index contributed by atoms with van der Waals surface area (Å²) in [5, 5.41) is 1.16. The highest BCUT2D eigenvalue weighted by molar-refractivity contribution is 5.89. The van der Waals surface area contributed by atoms with Crippen LogP contribution < -0.4 is 4.74 Å². The monoisotopic (exact) mass is 398 g/mol. The van der Waals surface area contributed by atoms with Gasteiger partial charge < -0.3 is 14.0 Å². The fourth-order valence-corrected chi connectivity index (χ4v) is 4.34. The highest BCUT2D eigenvalue weighted by Crippen LogP contribution is 2.37. The predicted octanol–water partition coefficient (Wildman–Crippen LogP) is 5.81. The molecule has 0 amide bonds. The van der Waals surface area contributed by atoms with Gasteiger partial charge in [-0.25, -0.2) is 0 Å². The quantitative estimate of drug-likeness (QED) is 0.426. The maximum Gasteiger partial charge on any atom is 0.129 e. The zero-order chi connectivity index (χ0) is 20.3. The van der Waals surface area contributed by atoms with E-state index < -0.39 is 0 Å². The average molecular weight is 399 g/mol. The average Bonchev–Trinajstić information content (AvgIpc) is 3.19. The normalized spacial score (nSPS) is 14.8. The molecule has 4 nitrogen and oxygen atoms in total. The van der Waals surface area contributed by atoms with Crippen LogP contribution in [0.15, 0.2) is 72.9 Å². The molecule has 0 saturated carbocycles. The van der Waals surface area contributed by atoms with E-state index in [4.69, 9.17) is 9.47 Å². The number of benzene rings is 2. The van der Waals surface area contributed by atoms with E-state index in [2.05, 4.69) is 58.1 Å². The van der Waals surface area contributed by atoms with E-state index in [1.807, 2.05) is 31.3 Å². The second-order valence-corrected chi connectivity index (χ2v) is 7.91. The van der Waals surface area contributed by atoms with Crippen LogP contribution in [-0.2, 0) is 11.3 Å². The molecule has 1 aliphatic heterocycles. The summed E-state index contributed by atoms with van der Waals surface area (Å²) in [7, 11) is 0. The molecule has 0 unspecified atom stereocenters. The summed E-state index contributed by atoms with van der Waals surface area (Å²) < 4.78 is 14.3. The van der Waals surface area contributed by atoms with Gasteiger partial charge in [-0.15, -0.1) is 0 Å². The van der Waals surface area contributed by atoms with Crippen molar-refractivity contribution in [1.82, 2.24) is 9.55 Å². The van der Waals surface area contributed by atoms with Crippen LogP contribution in [0, 0.1) is 6.92 Å². The Labute approximate surface area is 177 Å². The third-order valence-corrected chi connectivity index (χ3v) is 5.85. The standard InChI is InChI=1S/C26H26N2O2/c1-19-16-22(10-13-27-19)28-24-8-5-9-26(30-18-20-6-3-2-4-7-20)23(24)17-25(28)21-11-14-29-15-12-21/h2-10,13,16-17,21H,11-12,14-15,18H2,1H3. The molecule has 1 saturated heterocycles. The minimum absolute atomic E-state index is 0.474. The summed E-state index contributed by atoms with van der Waals surface area (Å²) in [4.78, 5) is 4.39. The van der Waals surface area contributed by atoms with Crippen LogP contribution in [0.2, 0.25) is 0 Å². The summed E-state index contributed by atoms with van der Waals surface area (Å²) in [6, 6.07) is 23.2. The van der Waals surface area contributed by atoms with E-state index in [0.717, 1.165) is 48.6 Å². The van der Waals surface area contributed by atoms with Gasteiger partial charge in [0.15, 0.2) is 0 Å². The van der Waals surface area contributed by atoms with Gasteiger partial charge in [0, 0.05) is 47.8 Å². The number of aromatic nitrogens is 2. The Morgan fingerprint density at radius 1 is 1.00 bits per heavy atom. The van der Waals surface area contributed by atoms with Crippen molar-refractivity contribution >= 4 is 10.9 Å². The first-order valence-electron chi connectivity index (χ1n) is 10.6. The molecule has 0 N–H and O–H groups in total. The van der Waals surface area contributed by atoms with Crippen molar-refractivity contribution in [3.05, 3.63) is 89.9 Å². The predicted molar refractivity (Wildman–Crippen MR) is 119 cm³/mol. The van der Waals surface area contributed by atoms with E-state index in [1.54, 1.807) is 0 Å². The number of aryl methyl sites for hydroxylation is 1. The summed E-state index contributed by atoms with van der Waals surface area (Å²) >= 11 is 0. The van der Waals surface area contributed by atoms with Gasteiger partial charge in [0.25, 0.3) is 0 Å². The van der Waals surface area contributed by atoms with Crippen molar-refractivity contribution in [2.24, 2.45) is 0 Å². The Morgan fingerprint density at radius 3 is 2.63 bits per heavy atom. The molecule has 0 spiro atoms. The summed E-state index contributed by atoms with van der Waals surface area (Å²) in [5.74, 6) is 1.40. The molecule has 0 atom stereocenters. The largest absolute Gasteiger partial charge is 0.488 e. The lowest BCUT2D eigenvalue weighted by atomic mass is 9.96. The van der Waals surface area contributed by atoms with Gasteiger partial charge in [0.1, 0.15) is 12.4 Å². The zero-order valence-electron chi connectivity index (χ0n) is 17.3. The molecule has 1 aliphatic rings. The number of fused-ring (bicyclic) bond motifs is 1. The van der Waals surface area contributed by atoms with Crippen LogP contribution in [-0.4, -0.2) is 22.8 Å². The molecule has 0 aliphatic carbocycles. The Kier molecular flexibility index (Phi) is 5.24. The van der Waals surface area contributed by atoms with Crippen molar-refractivity contribution in [1.29, 1.82) is 0 Å². The number of hydrogen-bond acceptors (Lipinski definition) is 3. The fourth-order valence-electron chi connectivity index (χ4n) is 4.34. The number of rotatable bonds is 5. The number of ether oxygens (including phenoxy) is 2. The maximum atomic E-state index is 6.27. The van der Waals surface area contributed by atoms with Crippen molar-refractivity contribution in [3.8, 4) is 11.4 Å². The smallest absolute Gasteiger partial charge is 0.129 e. The molecule has 152 valence electrons. The molecule has 2 aromatic carbocycles. The first-order chi connectivity index (χ1) is 14.8. The minimum Gasteiger partial charge on any atom is -0.488 e.